The molecule has 2 rings (SSSR count). The Balaban J connectivity index is 2.10. The smallest absolute Gasteiger partial charge is 0.249 e. The molecule has 0 aliphatic heterocycles. The van der Waals surface area contributed by atoms with Gasteiger partial charge in [0.25, 0.3) is 0 Å². The molecule has 25 heavy (non-hydrogen) atoms. The van der Waals surface area contributed by atoms with Gasteiger partial charge >= 0.3 is 0 Å². The van der Waals surface area contributed by atoms with Crippen molar-refractivity contribution in [2.75, 3.05) is 0 Å². The van der Waals surface area contributed by atoms with Gasteiger partial charge in [-0.15, -0.1) is 0 Å². The van der Waals surface area contributed by atoms with Gasteiger partial charge in [0.1, 0.15) is 0 Å². The number of benzene rings is 2. The van der Waals surface area contributed by atoms with Crippen molar-refractivity contribution >= 4 is 5.91 Å². The molecule has 0 aliphatic carbocycles. The maximum Gasteiger partial charge on any atom is 0.249 e. The normalized spacial score (nSPS) is 11.3. The highest BCUT2D eigenvalue weighted by Gasteiger charge is 2.36. The first-order valence-corrected chi connectivity index (χ1v) is 9.24. The number of rotatable bonds is 9. The molecule has 3 heteroatoms. The van der Waals surface area contributed by atoms with Gasteiger partial charge in [-0.05, 0) is 42.4 Å². The van der Waals surface area contributed by atoms with Crippen LogP contribution in [-0.4, -0.2) is 11.1 Å². The number of aryl methyl sites for hydroxylation is 1. The number of carbonyl (C=O) groups is 1. The molecule has 0 aromatic heterocycles. The Bertz CT molecular complexity index is 643. The van der Waals surface area contributed by atoms with Gasteiger partial charge in [0.15, 0.2) is 0 Å². The van der Waals surface area contributed by atoms with Crippen molar-refractivity contribution in [1.29, 1.82) is 0 Å². The van der Waals surface area contributed by atoms with Gasteiger partial charge in [0, 0.05) is 0 Å². The molecule has 2 aromatic carbocycles. The summed E-state index contributed by atoms with van der Waals surface area (Å²) >= 11 is 0. The summed E-state index contributed by atoms with van der Waals surface area (Å²) in [4.78, 5) is 12.3. The first-order chi connectivity index (χ1) is 12.1. The Kier molecular flexibility index (Phi) is 7.20. The van der Waals surface area contributed by atoms with Gasteiger partial charge in [0.05, 0.1) is 5.41 Å². The van der Waals surface area contributed by atoms with Crippen molar-refractivity contribution in [2.24, 2.45) is 5.41 Å². The fourth-order valence-corrected chi connectivity index (χ4v) is 3.67. The average molecular weight is 339 g/mol. The summed E-state index contributed by atoms with van der Waals surface area (Å²) in [5, 5.41) is 9.18. The molecule has 3 nitrogen and oxygen atoms in total. The first kappa shape index (κ1) is 19.2. The molecule has 2 aromatic rings. The summed E-state index contributed by atoms with van der Waals surface area (Å²) in [6.07, 6.45) is 5.06. The molecule has 0 heterocycles. The van der Waals surface area contributed by atoms with E-state index in [1.807, 2.05) is 23.7 Å². The molecule has 0 unspecified atom stereocenters. The van der Waals surface area contributed by atoms with E-state index in [-0.39, 0.29) is 5.91 Å². The zero-order valence-electron chi connectivity index (χ0n) is 15.3. The third kappa shape index (κ3) is 4.93. The molecular weight excluding hydrogens is 310 g/mol. The Morgan fingerprint density at radius 1 is 0.880 bits per heavy atom. The third-order valence-electron chi connectivity index (χ3n) is 4.99. The van der Waals surface area contributed by atoms with Gasteiger partial charge in [-0.1, -0.05) is 81.3 Å². The highest BCUT2D eigenvalue weighted by molar-refractivity contribution is 5.81. The largest absolute Gasteiger partial charge is 0.289 e. The Labute approximate surface area is 151 Å². The van der Waals surface area contributed by atoms with Crippen molar-refractivity contribution in [3.05, 3.63) is 60.2 Å². The summed E-state index contributed by atoms with van der Waals surface area (Å²) in [6, 6.07) is 18.9. The quantitative estimate of drug-likeness (QED) is 0.476. The summed E-state index contributed by atoms with van der Waals surface area (Å²) in [5.41, 5.74) is 5.06. The van der Waals surface area contributed by atoms with Gasteiger partial charge in [-0.2, -0.15) is 0 Å². The van der Waals surface area contributed by atoms with Crippen LogP contribution in [0.15, 0.2) is 54.6 Å². The monoisotopic (exact) mass is 339 g/mol. The third-order valence-corrected chi connectivity index (χ3v) is 4.99. The van der Waals surface area contributed by atoms with Crippen molar-refractivity contribution < 1.29 is 10.0 Å². The standard InChI is InChI=1S/C22H29NO2/c1-3-15-22(16-4-2,21(24)23-25)17-14-18-10-12-20(13-11-18)19-8-6-5-7-9-19/h5-13,25H,3-4,14-17H2,1-2H3,(H,23,24). The minimum absolute atomic E-state index is 0.239. The number of carbonyl (C=O) groups excluding carboxylic acids is 1. The molecule has 1 amide bonds. The fraction of sp³-hybridized carbons (Fsp3) is 0.409. The van der Waals surface area contributed by atoms with Crippen LogP contribution in [-0.2, 0) is 11.2 Å². The topological polar surface area (TPSA) is 49.3 Å². The number of nitrogens with one attached hydrogen (secondary N) is 1. The lowest BCUT2D eigenvalue weighted by Crippen LogP contribution is -2.40. The summed E-state index contributed by atoms with van der Waals surface area (Å²) in [6.45, 7) is 4.17. The van der Waals surface area contributed by atoms with Gasteiger partial charge < -0.3 is 0 Å². The highest BCUT2D eigenvalue weighted by atomic mass is 16.5. The van der Waals surface area contributed by atoms with E-state index in [1.54, 1.807) is 0 Å². The maximum atomic E-state index is 12.3. The van der Waals surface area contributed by atoms with Crippen LogP contribution in [0.4, 0.5) is 0 Å². The van der Waals surface area contributed by atoms with Crippen molar-refractivity contribution in [1.82, 2.24) is 5.48 Å². The Morgan fingerprint density at radius 2 is 1.44 bits per heavy atom. The number of hydrogen-bond acceptors (Lipinski definition) is 2. The molecule has 0 saturated carbocycles. The maximum absolute atomic E-state index is 12.3. The summed E-state index contributed by atoms with van der Waals surface area (Å²) in [7, 11) is 0. The zero-order chi connectivity index (χ0) is 18.1. The van der Waals surface area contributed by atoms with E-state index in [2.05, 4.69) is 50.2 Å². The number of amides is 1. The molecular formula is C22H29NO2. The number of hydroxylamine groups is 1. The number of hydrogen-bond donors (Lipinski definition) is 2. The van der Waals surface area contributed by atoms with Gasteiger partial charge in [-0.25, -0.2) is 5.48 Å². The van der Waals surface area contributed by atoms with Gasteiger partial charge in [-0.3, -0.25) is 10.0 Å². The van der Waals surface area contributed by atoms with Crippen LogP contribution in [0.3, 0.4) is 0 Å². The highest BCUT2D eigenvalue weighted by Crippen LogP contribution is 2.35. The van der Waals surface area contributed by atoms with E-state index in [9.17, 15) is 10.0 Å². The van der Waals surface area contributed by atoms with Crippen LogP contribution in [0.5, 0.6) is 0 Å². The molecule has 0 aliphatic rings. The Morgan fingerprint density at radius 3 is 1.96 bits per heavy atom. The minimum atomic E-state index is -0.476. The van der Waals surface area contributed by atoms with Crippen LogP contribution < -0.4 is 5.48 Å². The van der Waals surface area contributed by atoms with Crippen molar-refractivity contribution in [3.8, 4) is 11.1 Å². The Hall–Kier alpha value is -2.13. The SMILES string of the molecule is CCCC(CCC)(CCc1ccc(-c2ccccc2)cc1)C(=O)NO. The van der Waals surface area contributed by atoms with Crippen molar-refractivity contribution in [2.45, 2.75) is 52.4 Å². The van der Waals surface area contributed by atoms with Gasteiger partial charge in [0.2, 0.25) is 5.91 Å². The first-order valence-electron chi connectivity index (χ1n) is 9.24. The predicted octanol–water partition coefficient (Wildman–Crippen LogP) is 5.38. The lowest BCUT2D eigenvalue weighted by Gasteiger charge is -2.31. The molecule has 2 N–H and O–H groups in total. The van der Waals surface area contributed by atoms with E-state index in [0.717, 1.165) is 38.5 Å². The lowest BCUT2D eigenvalue weighted by atomic mass is 9.74. The van der Waals surface area contributed by atoms with Crippen LogP contribution in [0.2, 0.25) is 0 Å². The van der Waals surface area contributed by atoms with Crippen LogP contribution in [0.1, 0.15) is 51.5 Å². The van der Waals surface area contributed by atoms with Crippen LogP contribution in [0.25, 0.3) is 11.1 Å². The van der Waals surface area contributed by atoms with Crippen LogP contribution in [0, 0.1) is 5.41 Å². The summed E-state index contributed by atoms with van der Waals surface area (Å²) < 4.78 is 0. The molecule has 0 saturated heterocycles. The molecule has 0 atom stereocenters. The molecule has 0 radical (unpaired) electrons. The van der Waals surface area contributed by atoms with E-state index in [0.29, 0.717) is 0 Å². The second-order valence-electron chi connectivity index (χ2n) is 6.78. The second-order valence-corrected chi connectivity index (χ2v) is 6.78. The fourth-order valence-electron chi connectivity index (χ4n) is 3.67. The van der Waals surface area contributed by atoms with E-state index < -0.39 is 5.41 Å². The molecule has 0 fully saturated rings. The minimum Gasteiger partial charge on any atom is -0.289 e. The second kappa shape index (κ2) is 9.38. The molecule has 134 valence electrons. The van der Waals surface area contributed by atoms with Crippen molar-refractivity contribution in [3.63, 3.8) is 0 Å². The molecule has 0 bridgehead atoms. The zero-order valence-corrected chi connectivity index (χ0v) is 15.3. The lowest BCUT2D eigenvalue weighted by molar-refractivity contribution is -0.141. The average Bonchev–Trinajstić information content (AvgIpc) is 2.67. The van der Waals surface area contributed by atoms with E-state index in [1.165, 1.54) is 16.7 Å². The predicted molar refractivity (Wildman–Crippen MR) is 102 cm³/mol. The van der Waals surface area contributed by atoms with Crippen LogP contribution >= 0.6 is 0 Å². The summed E-state index contributed by atoms with van der Waals surface area (Å²) in [5.74, 6) is -0.239. The van der Waals surface area contributed by atoms with E-state index in [4.69, 9.17) is 0 Å². The molecule has 0 spiro atoms. The van der Waals surface area contributed by atoms with E-state index >= 15 is 0 Å².